The minimum atomic E-state index is 1.08. The molecular formula is C58H40N2. The fourth-order valence-corrected chi connectivity index (χ4v) is 9.06. The normalized spacial score (nSPS) is 11.3. The van der Waals surface area contributed by atoms with Crippen LogP contribution in [0.2, 0.25) is 0 Å². The number of fused-ring (bicyclic) bond motifs is 4. The van der Waals surface area contributed by atoms with Crippen molar-refractivity contribution in [3.8, 4) is 50.2 Å². The van der Waals surface area contributed by atoms with Gasteiger partial charge in [-0.3, -0.25) is 0 Å². The summed E-state index contributed by atoms with van der Waals surface area (Å²) in [5, 5.41) is 4.94. The summed E-state index contributed by atoms with van der Waals surface area (Å²) in [6.07, 6.45) is 0. The first-order valence-electron chi connectivity index (χ1n) is 20.6. The Kier molecular flexibility index (Phi) is 8.87. The molecule has 0 saturated heterocycles. The van der Waals surface area contributed by atoms with Gasteiger partial charge in [0.25, 0.3) is 0 Å². The Bertz CT molecular complexity index is 3310. The van der Waals surface area contributed by atoms with Crippen LogP contribution in [0.15, 0.2) is 243 Å². The SMILES string of the molecule is c1ccc(-c2ccc(N(c3ccccc3-c3ccc4ccccc4c3)c3ccccc3-c3ccccc3-c3cccc4c3c3ccccc3n4-c3ccccc3)cc2)cc1. The standard InChI is InChI=1S/C58H40N2/c1-3-18-41(19-4-1)43-36-38-47(39-37-43)59(54-30-14-11-24-48(54)45-35-34-42-20-7-8-21-44(42)40-45)55-31-15-12-27-51(55)49-25-9-10-26-50(49)52-29-17-33-57-58(52)53-28-13-16-32-56(53)60(57)46-22-5-2-6-23-46/h1-40H. The lowest BCUT2D eigenvalue weighted by Crippen LogP contribution is -2.12. The van der Waals surface area contributed by atoms with Crippen molar-refractivity contribution in [1.82, 2.24) is 4.57 Å². The van der Waals surface area contributed by atoms with E-state index in [9.17, 15) is 0 Å². The zero-order valence-electron chi connectivity index (χ0n) is 33.0. The maximum Gasteiger partial charge on any atom is 0.0547 e. The summed E-state index contributed by atoms with van der Waals surface area (Å²) in [6, 6.07) is 87.9. The highest BCUT2D eigenvalue weighted by Crippen LogP contribution is 2.48. The Hall–Kier alpha value is -7.94. The second-order valence-electron chi connectivity index (χ2n) is 15.3. The van der Waals surface area contributed by atoms with E-state index in [4.69, 9.17) is 0 Å². The van der Waals surface area contributed by atoms with E-state index in [2.05, 4.69) is 252 Å². The van der Waals surface area contributed by atoms with Crippen molar-refractivity contribution in [3.05, 3.63) is 243 Å². The molecule has 1 aromatic heterocycles. The number of anilines is 3. The molecule has 60 heavy (non-hydrogen) atoms. The predicted octanol–water partition coefficient (Wildman–Crippen LogP) is 16.1. The lowest BCUT2D eigenvalue weighted by atomic mass is 9.90. The average molecular weight is 765 g/mol. The zero-order chi connectivity index (χ0) is 39.8. The molecule has 11 rings (SSSR count). The van der Waals surface area contributed by atoms with Gasteiger partial charge in [0.15, 0.2) is 0 Å². The lowest BCUT2D eigenvalue weighted by molar-refractivity contribution is 1.18. The molecule has 2 heteroatoms. The van der Waals surface area contributed by atoms with Gasteiger partial charge in [-0.1, -0.05) is 188 Å². The predicted molar refractivity (Wildman–Crippen MR) is 255 cm³/mol. The molecule has 0 N–H and O–H groups in total. The molecule has 282 valence electrons. The number of hydrogen-bond donors (Lipinski definition) is 0. The topological polar surface area (TPSA) is 8.17 Å². The van der Waals surface area contributed by atoms with Crippen LogP contribution in [-0.4, -0.2) is 4.57 Å². The molecule has 11 aromatic rings. The van der Waals surface area contributed by atoms with E-state index in [0.717, 1.165) is 33.9 Å². The van der Waals surface area contributed by atoms with Gasteiger partial charge in [-0.05, 0) is 98.8 Å². The zero-order valence-corrected chi connectivity index (χ0v) is 33.0. The van der Waals surface area contributed by atoms with Crippen molar-refractivity contribution in [1.29, 1.82) is 0 Å². The van der Waals surface area contributed by atoms with Crippen molar-refractivity contribution in [2.45, 2.75) is 0 Å². The molecule has 0 saturated carbocycles. The number of hydrogen-bond acceptors (Lipinski definition) is 1. The fraction of sp³-hybridized carbons (Fsp3) is 0. The third-order valence-corrected chi connectivity index (χ3v) is 11.8. The minimum Gasteiger partial charge on any atom is -0.309 e. The van der Waals surface area contributed by atoms with E-state index < -0.39 is 0 Å². The second kappa shape index (κ2) is 15.1. The van der Waals surface area contributed by atoms with Crippen molar-refractivity contribution < 1.29 is 0 Å². The summed E-state index contributed by atoms with van der Waals surface area (Å²) in [5.41, 5.74) is 16.3. The van der Waals surface area contributed by atoms with E-state index >= 15 is 0 Å². The van der Waals surface area contributed by atoms with Crippen LogP contribution < -0.4 is 4.90 Å². The summed E-state index contributed by atoms with van der Waals surface area (Å²) in [6.45, 7) is 0. The summed E-state index contributed by atoms with van der Waals surface area (Å²) in [4.78, 5) is 2.45. The van der Waals surface area contributed by atoms with Gasteiger partial charge in [-0.15, -0.1) is 0 Å². The summed E-state index contributed by atoms with van der Waals surface area (Å²) in [7, 11) is 0. The number of para-hydroxylation sites is 4. The Labute approximate surface area is 350 Å². The summed E-state index contributed by atoms with van der Waals surface area (Å²) < 4.78 is 2.40. The van der Waals surface area contributed by atoms with Crippen LogP contribution in [0.4, 0.5) is 17.1 Å². The van der Waals surface area contributed by atoms with Crippen LogP contribution in [-0.2, 0) is 0 Å². The van der Waals surface area contributed by atoms with Gasteiger partial charge >= 0.3 is 0 Å². The minimum absolute atomic E-state index is 1.08. The first-order valence-corrected chi connectivity index (χ1v) is 20.6. The molecule has 0 aliphatic heterocycles. The highest BCUT2D eigenvalue weighted by atomic mass is 15.1. The molecule has 2 nitrogen and oxygen atoms in total. The molecule has 0 spiro atoms. The first-order chi connectivity index (χ1) is 29.8. The van der Waals surface area contributed by atoms with Crippen molar-refractivity contribution in [2.24, 2.45) is 0 Å². The second-order valence-corrected chi connectivity index (χ2v) is 15.3. The largest absolute Gasteiger partial charge is 0.309 e. The van der Waals surface area contributed by atoms with Crippen LogP contribution in [0.1, 0.15) is 0 Å². The molecule has 0 atom stereocenters. The van der Waals surface area contributed by atoms with Crippen molar-refractivity contribution >= 4 is 49.6 Å². The van der Waals surface area contributed by atoms with E-state index in [-0.39, 0.29) is 0 Å². The Morgan fingerprint density at radius 2 is 0.817 bits per heavy atom. The molecule has 0 amide bonds. The van der Waals surface area contributed by atoms with E-state index in [1.165, 1.54) is 66.0 Å². The smallest absolute Gasteiger partial charge is 0.0547 e. The van der Waals surface area contributed by atoms with Crippen LogP contribution in [0.25, 0.3) is 82.8 Å². The summed E-state index contributed by atoms with van der Waals surface area (Å²) >= 11 is 0. The molecule has 0 radical (unpaired) electrons. The molecule has 0 unspecified atom stereocenters. The third kappa shape index (κ3) is 6.14. The van der Waals surface area contributed by atoms with E-state index in [0.29, 0.717) is 0 Å². The number of nitrogens with zero attached hydrogens (tertiary/aromatic N) is 2. The van der Waals surface area contributed by atoms with E-state index in [1.807, 2.05) is 0 Å². The molecule has 0 fully saturated rings. The van der Waals surface area contributed by atoms with Gasteiger partial charge in [0.05, 0.1) is 22.4 Å². The summed E-state index contributed by atoms with van der Waals surface area (Å²) in [5.74, 6) is 0. The number of benzene rings is 10. The highest BCUT2D eigenvalue weighted by molar-refractivity contribution is 6.17. The Balaban J connectivity index is 1.13. The molecular weight excluding hydrogens is 725 g/mol. The van der Waals surface area contributed by atoms with Crippen LogP contribution >= 0.6 is 0 Å². The van der Waals surface area contributed by atoms with Gasteiger partial charge in [0, 0.05) is 33.3 Å². The highest BCUT2D eigenvalue weighted by Gasteiger charge is 2.23. The van der Waals surface area contributed by atoms with Crippen LogP contribution in [0, 0.1) is 0 Å². The number of aromatic nitrogens is 1. The van der Waals surface area contributed by atoms with Gasteiger partial charge < -0.3 is 9.47 Å². The maximum absolute atomic E-state index is 2.45. The molecule has 0 aliphatic rings. The molecule has 0 bridgehead atoms. The monoisotopic (exact) mass is 764 g/mol. The average Bonchev–Trinajstić information content (AvgIpc) is 3.67. The molecule has 0 aliphatic carbocycles. The lowest BCUT2D eigenvalue weighted by Gasteiger charge is -2.30. The van der Waals surface area contributed by atoms with E-state index in [1.54, 1.807) is 0 Å². The van der Waals surface area contributed by atoms with Gasteiger partial charge in [0.2, 0.25) is 0 Å². The first kappa shape index (κ1) is 35.2. The maximum atomic E-state index is 2.45. The van der Waals surface area contributed by atoms with Gasteiger partial charge in [-0.25, -0.2) is 0 Å². The fourth-order valence-electron chi connectivity index (χ4n) is 9.06. The third-order valence-electron chi connectivity index (χ3n) is 11.8. The molecule has 1 heterocycles. The number of rotatable bonds is 8. The van der Waals surface area contributed by atoms with Gasteiger partial charge in [0.1, 0.15) is 0 Å². The quantitative estimate of drug-likeness (QED) is 0.150. The van der Waals surface area contributed by atoms with Crippen molar-refractivity contribution in [3.63, 3.8) is 0 Å². The van der Waals surface area contributed by atoms with Gasteiger partial charge in [-0.2, -0.15) is 0 Å². The Morgan fingerprint density at radius 3 is 1.58 bits per heavy atom. The Morgan fingerprint density at radius 1 is 0.300 bits per heavy atom. The van der Waals surface area contributed by atoms with Crippen LogP contribution in [0.5, 0.6) is 0 Å². The van der Waals surface area contributed by atoms with Crippen LogP contribution in [0.3, 0.4) is 0 Å². The molecule has 10 aromatic carbocycles. The van der Waals surface area contributed by atoms with Crippen molar-refractivity contribution in [2.75, 3.05) is 4.90 Å².